The van der Waals surface area contributed by atoms with Crippen LogP contribution in [0.5, 0.6) is 0 Å². The quantitative estimate of drug-likeness (QED) is 0.112. The molecule has 2 fully saturated rings. The summed E-state index contributed by atoms with van der Waals surface area (Å²) in [4.78, 5) is 73.0. The van der Waals surface area contributed by atoms with Crippen molar-refractivity contribution in [1.82, 2.24) is 15.1 Å². The largest absolute Gasteiger partial charge is 1.00 e. The maximum Gasteiger partial charge on any atom is 0.408 e. The van der Waals surface area contributed by atoms with Crippen LogP contribution in [0, 0.1) is 0 Å². The molecule has 2 unspecified atom stereocenters. The van der Waals surface area contributed by atoms with Crippen molar-refractivity contribution in [3.05, 3.63) is 155 Å². The Morgan fingerprint density at radius 3 is 2.20 bits per heavy atom. The number of benzene rings is 3. The number of fused-ring (bicyclic) bond motifs is 2. The number of thioether (sulfide) groups is 1. The summed E-state index contributed by atoms with van der Waals surface area (Å²) >= 11 is 1.39. The molecule has 2 atom stereocenters. The molecule has 2 saturated heterocycles. The number of halogens is 1. The number of allylic oxidation sites excluding steroid dienone is 1. The molecule has 0 radical (unpaired) electrons. The molecule has 12 nitrogen and oxygen atoms in total. The number of nitrogens with one attached hydrogen (secondary N) is 1. The van der Waals surface area contributed by atoms with Crippen molar-refractivity contribution >= 4 is 47.2 Å². The zero-order valence-electron chi connectivity index (χ0n) is 33.6. The van der Waals surface area contributed by atoms with E-state index in [0.29, 0.717) is 43.0 Å². The van der Waals surface area contributed by atoms with Gasteiger partial charge in [-0.05, 0) is 73.6 Å². The summed E-state index contributed by atoms with van der Waals surface area (Å²) in [6.07, 6.45) is 5.25. The minimum absolute atomic E-state index is 0. The van der Waals surface area contributed by atoms with E-state index in [2.05, 4.69) is 11.4 Å². The van der Waals surface area contributed by atoms with Crippen molar-refractivity contribution in [1.29, 1.82) is 0 Å². The summed E-state index contributed by atoms with van der Waals surface area (Å²) in [6, 6.07) is 29.7. The molecule has 5 heterocycles. The number of carbonyl (C=O) groups is 5. The van der Waals surface area contributed by atoms with Gasteiger partial charge in [0.2, 0.25) is 12.5 Å². The first-order chi connectivity index (χ1) is 28.4. The van der Waals surface area contributed by atoms with Gasteiger partial charge in [0.15, 0.2) is 18.5 Å². The van der Waals surface area contributed by atoms with Gasteiger partial charge in [0, 0.05) is 48.8 Å². The maximum atomic E-state index is 14.5. The Morgan fingerprint density at radius 1 is 0.883 bits per heavy atom. The molecule has 14 heteroatoms. The molecule has 60 heavy (non-hydrogen) atoms. The predicted molar refractivity (Wildman–Crippen MR) is 221 cm³/mol. The van der Waals surface area contributed by atoms with Gasteiger partial charge in [0.05, 0.1) is 0 Å². The van der Waals surface area contributed by atoms with E-state index in [9.17, 15) is 24.0 Å². The molecule has 4 amide bonds. The average Bonchev–Trinajstić information content (AvgIpc) is 3.82. The van der Waals surface area contributed by atoms with Crippen LogP contribution >= 0.6 is 11.8 Å². The van der Waals surface area contributed by atoms with Crippen LogP contribution in [0.4, 0.5) is 10.5 Å². The second-order valence-corrected chi connectivity index (χ2v) is 17.1. The molecule has 3 aromatic carbocycles. The maximum absolute atomic E-state index is 14.5. The first-order valence-corrected chi connectivity index (χ1v) is 20.8. The second-order valence-electron chi connectivity index (χ2n) is 16.0. The standard InChI is InChI=1S/C46H45N5O7S.BrH/c1-46(2,3)58-45(56)47-38-42(54)51-39(44(55)57-40(32-13-6-4-7-14-32)33-15-8-5-9-16-33)35(29-59-43(38)51)26-34-20-24-49(41(34)53)27-30-18-22-48(23-19-30)28-37(52)50-25-21-31-12-10-11-17-36(31)50;/h4-19,22-23,26,38,40,43H,20-21,24-25,27-29H2,1-3H3;1H. The number of rotatable bonds is 10. The van der Waals surface area contributed by atoms with E-state index in [1.54, 1.807) is 31.7 Å². The monoisotopic (exact) mass is 891 g/mol. The zero-order valence-corrected chi connectivity index (χ0v) is 36.0. The smallest absolute Gasteiger partial charge is 0.408 e. The number of aromatic nitrogens is 1. The van der Waals surface area contributed by atoms with Gasteiger partial charge < -0.3 is 41.6 Å². The van der Waals surface area contributed by atoms with Crippen molar-refractivity contribution in [3.8, 4) is 0 Å². The van der Waals surface area contributed by atoms with Crippen molar-refractivity contribution in [2.45, 2.75) is 69.8 Å². The Morgan fingerprint density at radius 2 is 1.53 bits per heavy atom. The predicted octanol–water partition coefficient (Wildman–Crippen LogP) is 2.62. The Hall–Kier alpha value is -5.73. The highest BCUT2D eigenvalue weighted by Gasteiger charge is 2.55. The molecule has 1 N–H and O–H groups in total. The highest BCUT2D eigenvalue weighted by Crippen LogP contribution is 2.43. The van der Waals surface area contributed by atoms with Crippen LogP contribution in [0.25, 0.3) is 0 Å². The van der Waals surface area contributed by atoms with E-state index < -0.39 is 41.1 Å². The topological polar surface area (TPSA) is 129 Å². The average molecular weight is 893 g/mol. The number of hydrogen-bond donors (Lipinski definition) is 1. The minimum atomic E-state index is -0.908. The van der Waals surface area contributed by atoms with Gasteiger partial charge in [0.1, 0.15) is 22.7 Å². The van der Waals surface area contributed by atoms with Gasteiger partial charge in [-0.1, -0.05) is 78.9 Å². The number of esters is 1. The van der Waals surface area contributed by atoms with Crippen LogP contribution in [0.3, 0.4) is 0 Å². The summed E-state index contributed by atoms with van der Waals surface area (Å²) in [5, 5.41) is 2.10. The van der Waals surface area contributed by atoms with Crippen molar-refractivity contribution in [2.75, 3.05) is 23.7 Å². The Balaban J connectivity index is 0.00000544. The lowest BCUT2D eigenvalue weighted by Gasteiger charge is -2.49. The van der Waals surface area contributed by atoms with E-state index in [0.717, 1.165) is 28.8 Å². The summed E-state index contributed by atoms with van der Waals surface area (Å²) in [5.41, 5.74) is 4.88. The third kappa shape index (κ3) is 9.04. The number of nitrogens with zero attached hydrogens (tertiary/aromatic N) is 4. The number of para-hydroxylation sites is 1. The van der Waals surface area contributed by atoms with Gasteiger partial charge in [0.25, 0.3) is 11.8 Å². The third-order valence-electron chi connectivity index (χ3n) is 10.7. The zero-order chi connectivity index (χ0) is 41.3. The van der Waals surface area contributed by atoms with Crippen LogP contribution in [-0.4, -0.2) is 75.4 Å². The summed E-state index contributed by atoms with van der Waals surface area (Å²) in [5.74, 6) is -1.03. The molecule has 0 spiro atoms. The van der Waals surface area contributed by atoms with Crippen molar-refractivity contribution in [2.24, 2.45) is 0 Å². The number of amides is 4. The number of anilines is 1. The van der Waals surface area contributed by atoms with E-state index in [4.69, 9.17) is 9.47 Å². The molecular formula is C46H46BrN5O7S. The van der Waals surface area contributed by atoms with Gasteiger partial charge in [-0.15, -0.1) is 11.8 Å². The van der Waals surface area contributed by atoms with E-state index in [1.807, 2.05) is 113 Å². The van der Waals surface area contributed by atoms with E-state index in [1.165, 1.54) is 22.2 Å². The summed E-state index contributed by atoms with van der Waals surface area (Å²) in [6.45, 7) is 6.94. The molecule has 0 bridgehead atoms. The van der Waals surface area contributed by atoms with Crippen LogP contribution in [0.2, 0.25) is 0 Å². The second kappa shape index (κ2) is 17.9. The van der Waals surface area contributed by atoms with Crippen molar-refractivity contribution in [3.63, 3.8) is 0 Å². The molecule has 4 aliphatic heterocycles. The fraction of sp³-hybridized carbons (Fsp3) is 0.304. The van der Waals surface area contributed by atoms with Crippen molar-refractivity contribution < 1.29 is 55.0 Å². The van der Waals surface area contributed by atoms with Crippen LogP contribution in [0.15, 0.2) is 132 Å². The summed E-state index contributed by atoms with van der Waals surface area (Å²) in [7, 11) is 0. The lowest BCUT2D eigenvalue weighted by Crippen LogP contribution is -3.00. The molecular weight excluding hydrogens is 847 g/mol. The number of alkyl carbamates (subject to hydrolysis) is 1. The Bertz CT molecular complexity index is 2310. The summed E-state index contributed by atoms with van der Waals surface area (Å²) < 4.78 is 13.5. The molecule has 0 aliphatic carbocycles. The lowest BCUT2D eigenvalue weighted by atomic mass is 10.00. The molecule has 4 aliphatic rings. The lowest BCUT2D eigenvalue weighted by molar-refractivity contribution is -0.684. The number of likely N-dealkylation sites (tertiary alicyclic amines) is 1. The highest BCUT2D eigenvalue weighted by molar-refractivity contribution is 8.00. The van der Waals surface area contributed by atoms with Gasteiger partial charge in [-0.25, -0.2) is 9.59 Å². The number of pyridine rings is 1. The number of ether oxygens (including phenoxy) is 2. The minimum Gasteiger partial charge on any atom is -1.00 e. The number of hydrogen-bond acceptors (Lipinski definition) is 8. The first-order valence-electron chi connectivity index (χ1n) is 19.8. The number of carbonyl (C=O) groups excluding carboxylic acids is 5. The van der Waals surface area contributed by atoms with E-state index in [-0.39, 0.29) is 41.0 Å². The number of β-lactam (4-membered cyclic amide) rings is 1. The first kappa shape index (κ1) is 42.4. The Kier molecular flexibility index (Phi) is 12.6. The van der Waals surface area contributed by atoms with Gasteiger partial charge >= 0.3 is 12.1 Å². The third-order valence-corrected chi connectivity index (χ3v) is 12.0. The van der Waals surface area contributed by atoms with Crippen LogP contribution < -0.4 is 31.8 Å². The molecule has 8 rings (SSSR count). The highest BCUT2D eigenvalue weighted by atomic mass is 79.9. The molecule has 310 valence electrons. The molecule has 1 aromatic heterocycles. The molecule has 0 saturated carbocycles. The van der Waals surface area contributed by atoms with E-state index >= 15 is 0 Å². The Labute approximate surface area is 364 Å². The molecule has 4 aromatic rings. The van der Waals surface area contributed by atoms with Crippen LogP contribution in [-0.2, 0) is 48.2 Å². The SMILES string of the molecule is CC(C)(C)OC(=O)NC1C(=O)N2C(C(=O)OC(c3ccccc3)c3ccccc3)=C(C=C3CCN(Cc4cc[n+](CC(=O)N5CCc6ccccc65)cc4)C3=O)CSC12.[Br-]. The van der Waals surface area contributed by atoms with Gasteiger partial charge in [-0.3, -0.25) is 19.3 Å². The van der Waals surface area contributed by atoms with Crippen LogP contribution in [0.1, 0.15) is 55.5 Å². The normalized spacial score (nSPS) is 19.1. The van der Waals surface area contributed by atoms with Gasteiger partial charge in [-0.2, -0.15) is 4.57 Å². The fourth-order valence-corrected chi connectivity index (χ4v) is 9.15. The fourth-order valence-electron chi connectivity index (χ4n) is 7.84.